The molecule has 0 fully saturated rings. The maximum atomic E-state index is 14.5. The van der Waals surface area contributed by atoms with Gasteiger partial charge in [-0.15, -0.1) is 0 Å². The number of nitriles is 1. The Morgan fingerprint density at radius 2 is 2.07 bits per heavy atom. The van der Waals surface area contributed by atoms with E-state index in [0.717, 1.165) is 0 Å². The van der Waals surface area contributed by atoms with Gasteiger partial charge in [0.05, 0.1) is 23.7 Å². The second kappa shape index (κ2) is 7.19. The number of phenolic OH excluding ortho intramolecular Hbond substituents is 1. The number of rotatable bonds is 3. The molecule has 1 aliphatic rings. The van der Waals surface area contributed by atoms with E-state index in [0.29, 0.717) is 12.1 Å². The van der Waals surface area contributed by atoms with Crippen molar-refractivity contribution in [2.24, 2.45) is 5.73 Å². The van der Waals surface area contributed by atoms with Crippen LogP contribution in [0.2, 0.25) is 0 Å². The van der Waals surface area contributed by atoms with Crippen molar-refractivity contribution in [1.29, 1.82) is 5.26 Å². The van der Waals surface area contributed by atoms with E-state index >= 15 is 0 Å². The van der Waals surface area contributed by atoms with Crippen molar-refractivity contribution in [3.63, 3.8) is 0 Å². The Balaban J connectivity index is 2.84. The number of aromatic hydroxyl groups is 1. The highest BCUT2D eigenvalue weighted by molar-refractivity contribution is 5.93. The van der Waals surface area contributed by atoms with Crippen LogP contribution in [0, 0.1) is 17.1 Å². The average Bonchev–Trinajstić information content (AvgIpc) is 2.53. The van der Waals surface area contributed by atoms with Crippen molar-refractivity contribution in [1.82, 2.24) is 0 Å². The van der Waals surface area contributed by atoms with Crippen molar-refractivity contribution < 1.29 is 36.9 Å². The lowest BCUT2D eigenvalue weighted by Crippen LogP contribution is -2.26. The fraction of sp³-hybridized carbons (Fsp3) is 0.294. The minimum Gasteiger partial charge on any atom is -0.507 e. The highest BCUT2D eigenvalue weighted by Gasteiger charge is 2.42. The van der Waals surface area contributed by atoms with E-state index in [2.05, 4.69) is 0 Å². The number of nitrogens with zero attached hydrogens (tertiary/aromatic N) is 1. The predicted molar refractivity (Wildman–Crippen MR) is 83.1 cm³/mol. The van der Waals surface area contributed by atoms with Gasteiger partial charge in [0.25, 0.3) is 0 Å². The van der Waals surface area contributed by atoms with E-state index < -0.39 is 57.8 Å². The Labute approximate surface area is 151 Å². The fourth-order valence-corrected chi connectivity index (χ4v) is 2.73. The second-order valence-electron chi connectivity index (χ2n) is 5.47. The zero-order valence-corrected chi connectivity index (χ0v) is 14.1. The van der Waals surface area contributed by atoms with Gasteiger partial charge in [0.15, 0.2) is 0 Å². The molecule has 1 atom stereocenters. The number of alkyl halides is 3. The molecule has 0 saturated carbocycles. The number of halogens is 4. The van der Waals surface area contributed by atoms with Crippen LogP contribution in [-0.4, -0.2) is 17.7 Å². The highest BCUT2D eigenvalue weighted by atomic mass is 19.4. The largest absolute Gasteiger partial charge is 0.507 e. The van der Waals surface area contributed by atoms with Gasteiger partial charge in [-0.1, -0.05) is 0 Å². The van der Waals surface area contributed by atoms with Crippen LogP contribution < -0.4 is 5.73 Å². The van der Waals surface area contributed by atoms with Gasteiger partial charge >= 0.3 is 12.1 Å². The lowest BCUT2D eigenvalue weighted by molar-refractivity contribution is -0.139. The lowest BCUT2D eigenvalue weighted by Gasteiger charge is -2.28. The first-order chi connectivity index (χ1) is 12.5. The molecule has 0 aliphatic carbocycles. The highest BCUT2D eigenvalue weighted by Crippen LogP contribution is 2.47. The molecule has 0 aromatic heterocycles. The van der Waals surface area contributed by atoms with Gasteiger partial charge in [0, 0.05) is 5.56 Å². The van der Waals surface area contributed by atoms with Crippen molar-refractivity contribution in [2.45, 2.75) is 25.9 Å². The smallest absolute Gasteiger partial charge is 0.419 e. The van der Waals surface area contributed by atoms with Crippen molar-refractivity contribution in [2.75, 3.05) is 6.61 Å². The zero-order chi connectivity index (χ0) is 20.5. The van der Waals surface area contributed by atoms with Gasteiger partial charge in [-0.2, -0.15) is 18.4 Å². The number of carbonyl (C=O) groups is 1. The van der Waals surface area contributed by atoms with Crippen LogP contribution in [0.5, 0.6) is 5.75 Å². The van der Waals surface area contributed by atoms with Crippen LogP contribution in [0.3, 0.4) is 0 Å². The molecule has 3 N–H and O–H groups in total. The Bertz CT molecular complexity index is 897. The summed E-state index contributed by atoms with van der Waals surface area (Å²) in [5.74, 6) is -6.20. The molecule has 0 amide bonds. The molecule has 10 heteroatoms. The van der Waals surface area contributed by atoms with E-state index in [4.69, 9.17) is 15.2 Å². The molecule has 0 radical (unpaired) electrons. The molecule has 144 valence electrons. The molecule has 1 aliphatic heterocycles. The monoisotopic (exact) mass is 386 g/mol. The van der Waals surface area contributed by atoms with E-state index in [1.54, 1.807) is 6.07 Å². The number of benzene rings is 1. The minimum absolute atomic E-state index is 0.0968. The van der Waals surface area contributed by atoms with Crippen LogP contribution in [0.1, 0.15) is 30.9 Å². The molecule has 27 heavy (non-hydrogen) atoms. The van der Waals surface area contributed by atoms with Crippen LogP contribution in [0.4, 0.5) is 17.6 Å². The standard InChI is InChI=1S/C17H14F4N2O4/c1-3-26-16(25)11-7(2)27-15(23)8(6-22)12(11)13-10(18)5-4-9(14(13)24)17(19,20)21/h4-5,12,24H,3,23H2,1-2H3. The van der Waals surface area contributed by atoms with Crippen molar-refractivity contribution in [3.05, 3.63) is 51.9 Å². The number of carbonyl (C=O) groups excluding carboxylic acids is 1. The summed E-state index contributed by atoms with van der Waals surface area (Å²) < 4.78 is 63.8. The maximum Gasteiger partial charge on any atom is 0.419 e. The van der Waals surface area contributed by atoms with Crippen LogP contribution in [-0.2, 0) is 20.4 Å². The molecule has 1 aromatic carbocycles. The molecule has 0 bridgehead atoms. The lowest BCUT2D eigenvalue weighted by atomic mass is 9.81. The number of hydrogen-bond donors (Lipinski definition) is 2. The molecule has 6 nitrogen and oxygen atoms in total. The normalized spacial score (nSPS) is 17.4. The van der Waals surface area contributed by atoms with Gasteiger partial charge in [-0.05, 0) is 26.0 Å². The summed E-state index contributed by atoms with van der Waals surface area (Å²) in [7, 11) is 0. The number of phenols is 1. The number of allylic oxidation sites excluding steroid dienone is 2. The molecule has 1 aromatic rings. The van der Waals surface area contributed by atoms with E-state index in [1.807, 2.05) is 0 Å². The van der Waals surface area contributed by atoms with E-state index in [9.17, 15) is 32.7 Å². The maximum absolute atomic E-state index is 14.5. The number of hydrogen-bond acceptors (Lipinski definition) is 6. The first kappa shape index (κ1) is 20.1. The molecule has 0 spiro atoms. The third kappa shape index (κ3) is 3.53. The molecule has 0 saturated heterocycles. The van der Waals surface area contributed by atoms with Crippen LogP contribution in [0.25, 0.3) is 0 Å². The molecular formula is C17H14F4N2O4. The summed E-state index contributed by atoms with van der Waals surface area (Å²) in [5, 5.41) is 19.5. The first-order valence-electron chi connectivity index (χ1n) is 7.58. The van der Waals surface area contributed by atoms with Gasteiger partial charge < -0.3 is 20.3 Å². The summed E-state index contributed by atoms with van der Waals surface area (Å²) >= 11 is 0. The number of esters is 1. The predicted octanol–water partition coefficient (Wildman–Crippen LogP) is 3.19. The summed E-state index contributed by atoms with van der Waals surface area (Å²) in [4.78, 5) is 12.3. The van der Waals surface area contributed by atoms with Gasteiger partial charge in [-0.25, -0.2) is 9.18 Å². The first-order valence-corrected chi connectivity index (χ1v) is 7.58. The van der Waals surface area contributed by atoms with Gasteiger partial charge in [0.1, 0.15) is 29.0 Å². The Hall–Kier alpha value is -3.22. The molecular weight excluding hydrogens is 372 g/mol. The summed E-state index contributed by atoms with van der Waals surface area (Å²) in [6, 6.07) is 2.43. The Kier molecular flexibility index (Phi) is 5.35. The third-order valence-electron chi connectivity index (χ3n) is 3.86. The van der Waals surface area contributed by atoms with E-state index in [-0.39, 0.29) is 12.4 Å². The fourth-order valence-electron chi connectivity index (χ4n) is 2.73. The summed E-state index contributed by atoms with van der Waals surface area (Å²) in [6.45, 7) is 2.63. The quantitative estimate of drug-likeness (QED) is 0.611. The van der Waals surface area contributed by atoms with E-state index in [1.165, 1.54) is 13.8 Å². The van der Waals surface area contributed by atoms with Gasteiger partial charge in [-0.3, -0.25) is 0 Å². The number of ether oxygens (including phenoxy) is 2. The van der Waals surface area contributed by atoms with Gasteiger partial charge in [0.2, 0.25) is 5.88 Å². The Morgan fingerprint density at radius 1 is 1.44 bits per heavy atom. The minimum atomic E-state index is -5.00. The SMILES string of the molecule is CCOC(=O)C1=C(C)OC(N)=C(C#N)C1c1c(F)ccc(C(F)(F)F)c1O. The summed E-state index contributed by atoms with van der Waals surface area (Å²) in [5.41, 5.74) is 2.18. The van der Waals surface area contributed by atoms with Crippen LogP contribution in [0.15, 0.2) is 34.9 Å². The zero-order valence-electron chi connectivity index (χ0n) is 14.1. The van der Waals surface area contributed by atoms with Crippen molar-refractivity contribution >= 4 is 5.97 Å². The van der Waals surface area contributed by atoms with Crippen molar-refractivity contribution in [3.8, 4) is 11.8 Å². The third-order valence-corrected chi connectivity index (χ3v) is 3.86. The summed E-state index contributed by atoms with van der Waals surface area (Å²) in [6.07, 6.45) is -5.00. The number of nitrogens with two attached hydrogens (primary N) is 1. The average molecular weight is 386 g/mol. The molecule has 1 unspecified atom stereocenters. The molecule has 1 heterocycles. The molecule has 2 rings (SSSR count). The Morgan fingerprint density at radius 3 is 2.59 bits per heavy atom. The second-order valence-corrected chi connectivity index (χ2v) is 5.47. The van der Waals surface area contributed by atoms with Crippen LogP contribution >= 0.6 is 0 Å². The topological polar surface area (TPSA) is 106 Å².